The molecule has 2 aromatic carbocycles. The number of nitrogens with zero attached hydrogens (tertiary/aromatic N) is 3. The number of benzene rings is 2. The van der Waals surface area contributed by atoms with Gasteiger partial charge >= 0.3 is 0 Å². The van der Waals surface area contributed by atoms with Gasteiger partial charge < -0.3 is 25.8 Å². The number of anilines is 2. The highest BCUT2D eigenvalue weighted by Crippen LogP contribution is 2.32. The Morgan fingerprint density at radius 2 is 1.94 bits per heavy atom. The van der Waals surface area contributed by atoms with Crippen LogP contribution in [-0.4, -0.2) is 33.6 Å². The summed E-state index contributed by atoms with van der Waals surface area (Å²) in [5.74, 6) is 0.499. The Hall–Kier alpha value is -4.08. The van der Waals surface area contributed by atoms with Crippen LogP contribution in [0, 0.1) is 13.8 Å². The van der Waals surface area contributed by atoms with Crippen molar-refractivity contribution in [3.05, 3.63) is 58.8 Å². The fourth-order valence-electron chi connectivity index (χ4n) is 3.20. The molecule has 0 radical (unpaired) electrons. The van der Waals surface area contributed by atoms with Crippen LogP contribution < -0.4 is 25.8 Å². The zero-order chi connectivity index (χ0) is 22.0. The molecule has 0 aliphatic carbocycles. The molecule has 4 rings (SSSR count). The molecule has 2 amide bonds. The number of nitrogen functional groups attached to an aromatic ring is 1. The van der Waals surface area contributed by atoms with Gasteiger partial charge in [-0.2, -0.15) is 0 Å². The molecular weight excluding hydrogens is 400 g/mol. The van der Waals surface area contributed by atoms with E-state index in [1.165, 1.54) is 4.68 Å². The minimum Gasteiger partial charge on any atom is -0.454 e. The summed E-state index contributed by atoms with van der Waals surface area (Å²) in [5.41, 5.74) is 9.54. The van der Waals surface area contributed by atoms with Crippen LogP contribution in [0.5, 0.6) is 11.5 Å². The second-order valence-corrected chi connectivity index (χ2v) is 7.22. The smallest absolute Gasteiger partial charge is 0.275 e. The number of nitrogens with one attached hydrogen (secondary N) is 2. The summed E-state index contributed by atoms with van der Waals surface area (Å²) >= 11 is 0. The van der Waals surface area contributed by atoms with Crippen LogP contribution >= 0.6 is 0 Å². The normalized spacial score (nSPS) is 11.9. The summed E-state index contributed by atoms with van der Waals surface area (Å²) < 4.78 is 11.8. The topological polar surface area (TPSA) is 133 Å². The van der Waals surface area contributed by atoms with Crippen molar-refractivity contribution in [2.45, 2.75) is 26.9 Å². The van der Waals surface area contributed by atoms with E-state index in [1.807, 2.05) is 38.1 Å². The standard InChI is InChI=1S/C21H22N6O4/c1-12-3-5-15(13(2)7-12)24-18(28)10-27-20(22)19(25-26-27)21(29)23-9-14-4-6-16-17(8-14)31-11-30-16/h3-8H,9-11,22H2,1-2H3,(H,23,29)(H,24,28). The van der Waals surface area contributed by atoms with Crippen LogP contribution in [0.3, 0.4) is 0 Å². The second-order valence-electron chi connectivity index (χ2n) is 7.22. The molecule has 1 aliphatic rings. The Morgan fingerprint density at radius 3 is 2.74 bits per heavy atom. The molecule has 160 valence electrons. The van der Waals surface area contributed by atoms with Gasteiger partial charge in [0.2, 0.25) is 12.7 Å². The van der Waals surface area contributed by atoms with Crippen LogP contribution in [0.2, 0.25) is 0 Å². The second kappa shape index (κ2) is 8.34. The lowest BCUT2D eigenvalue weighted by Crippen LogP contribution is -2.25. The first kappa shape index (κ1) is 20.2. The van der Waals surface area contributed by atoms with Crippen molar-refractivity contribution >= 4 is 23.3 Å². The molecule has 0 saturated carbocycles. The molecule has 31 heavy (non-hydrogen) atoms. The van der Waals surface area contributed by atoms with Gasteiger partial charge in [-0.15, -0.1) is 5.10 Å². The summed E-state index contributed by atoms with van der Waals surface area (Å²) in [6.07, 6.45) is 0. The summed E-state index contributed by atoms with van der Waals surface area (Å²) in [5, 5.41) is 13.2. The quantitative estimate of drug-likeness (QED) is 0.551. The molecule has 10 nitrogen and oxygen atoms in total. The van der Waals surface area contributed by atoms with Gasteiger partial charge in [-0.25, -0.2) is 4.68 Å². The number of carbonyl (C=O) groups excluding carboxylic acids is 2. The largest absolute Gasteiger partial charge is 0.454 e. The number of fused-ring (bicyclic) bond motifs is 1. The fourth-order valence-corrected chi connectivity index (χ4v) is 3.20. The van der Waals surface area contributed by atoms with E-state index in [1.54, 1.807) is 12.1 Å². The first-order valence-electron chi connectivity index (χ1n) is 9.63. The van der Waals surface area contributed by atoms with Crippen molar-refractivity contribution in [2.75, 3.05) is 17.8 Å². The van der Waals surface area contributed by atoms with Gasteiger partial charge in [-0.05, 0) is 43.2 Å². The molecule has 0 atom stereocenters. The van der Waals surface area contributed by atoms with Crippen molar-refractivity contribution in [1.82, 2.24) is 20.3 Å². The van der Waals surface area contributed by atoms with Crippen molar-refractivity contribution in [1.29, 1.82) is 0 Å². The van der Waals surface area contributed by atoms with E-state index in [9.17, 15) is 9.59 Å². The molecule has 0 bridgehead atoms. The summed E-state index contributed by atoms with van der Waals surface area (Å²) in [4.78, 5) is 24.9. The van der Waals surface area contributed by atoms with Crippen LogP contribution in [-0.2, 0) is 17.9 Å². The van der Waals surface area contributed by atoms with Gasteiger partial charge in [0.1, 0.15) is 6.54 Å². The summed E-state index contributed by atoms with van der Waals surface area (Å²) in [6.45, 7) is 4.15. The number of hydrogen-bond donors (Lipinski definition) is 3. The van der Waals surface area contributed by atoms with Gasteiger partial charge in [0.05, 0.1) is 0 Å². The predicted octanol–water partition coefficient (Wildman–Crippen LogP) is 1.77. The summed E-state index contributed by atoms with van der Waals surface area (Å²) in [6, 6.07) is 11.1. The van der Waals surface area contributed by atoms with Crippen molar-refractivity contribution in [3.8, 4) is 11.5 Å². The van der Waals surface area contributed by atoms with Crippen LogP contribution in [0.1, 0.15) is 27.2 Å². The van der Waals surface area contributed by atoms with E-state index in [4.69, 9.17) is 15.2 Å². The molecule has 10 heteroatoms. The number of aryl methyl sites for hydroxylation is 2. The lowest BCUT2D eigenvalue weighted by molar-refractivity contribution is -0.116. The van der Waals surface area contributed by atoms with Crippen LogP contribution in [0.15, 0.2) is 36.4 Å². The number of aromatic nitrogens is 3. The maximum absolute atomic E-state index is 12.5. The minimum atomic E-state index is -0.490. The van der Waals surface area contributed by atoms with E-state index in [-0.39, 0.29) is 37.3 Å². The average Bonchev–Trinajstić information content (AvgIpc) is 3.35. The van der Waals surface area contributed by atoms with E-state index < -0.39 is 5.91 Å². The Kier molecular flexibility index (Phi) is 5.44. The van der Waals surface area contributed by atoms with Crippen molar-refractivity contribution < 1.29 is 19.1 Å². The zero-order valence-electron chi connectivity index (χ0n) is 17.1. The fraction of sp³-hybridized carbons (Fsp3) is 0.238. The number of rotatable bonds is 6. The lowest BCUT2D eigenvalue weighted by atomic mass is 10.1. The number of carbonyl (C=O) groups is 2. The number of amides is 2. The highest BCUT2D eigenvalue weighted by Gasteiger charge is 2.20. The van der Waals surface area contributed by atoms with Crippen LogP contribution in [0.25, 0.3) is 0 Å². The SMILES string of the molecule is Cc1ccc(NC(=O)Cn2nnc(C(=O)NCc3ccc4c(c3)OCO4)c2N)c(C)c1. The first-order chi connectivity index (χ1) is 14.9. The third-order valence-electron chi connectivity index (χ3n) is 4.83. The Bertz CT molecular complexity index is 1160. The maximum atomic E-state index is 12.5. The van der Waals surface area contributed by atoms with E-state index >= 15 is 0 Å². The van der Waals surface area contributed by atoms with E-state index in [0.29, 0.717) is 17.2 Å². The van der Waals surface area contributed by atoms with Crippen molar-refractivity contribution in [2.24, 2.45) is 0 Å². The molecule has 3 aromatic rings. The number of nitrogens with two attached hydrogens (primary N) is 1. The Morgan fingerprint density at radius 1 is 1.13 bits per heavy atom. The first-order valence-corrected chi connectivity index (χ1v) is 9.63. The molecule has 0 saturated heterocycles. The molecular formula is C21H22N6O4. The van der Waals surface area contributed by atoms with Crippen LogP contribution in [0.4, 0.5) is 11.5 Å². The Labute approximate surface area is 178 Å². The molecule has 2 heterocycles. The third-order valence-corrected chi connectivity index (χ3v) is 4.83. The molecule has 0 fully saturated rings. The van der Waals surface area contributed by atoms with Gasteiger partial charge in [-0.1, -0.05) is 29.0 Å². The molecule has 0 unspecified atom stereocenters. The van der Waals surface area contributed by atoms with Gasteiger partial charge in [0.25, 0.3) is 5.91 Å². The van der Waals surface area contributed by atoms with E-state index in [2.05, 4.69) is 20.9 Å². The van der Waals surface area contributed by atoms with Gasteiger partial charge in [0.15, 0.2) is 23.0 Å². The highest BCUT2D eigenvalue weighted by atomic mass is 16.7. The van der Waals surface area contributed by atoms with E-state index in [0.717, 1.165) is 16.7 Å². The van der Waals surface area contributed by atoms with Gasteiger partial charge in [0, 0.05) is 12.2 Å². The Balaban J connectivity index is 1.36. The predicted molar refractivity (Wildman–Crippen MR) is 113 cm³/mol. The maximum Gasteiger partial charge on any atom is 0.275 e. The molecule has 4 N–H and O–H groups in total. The molecule has 1 aromatic heterocycles. The minimum absolute atomic E-state index is 0.0129. The monoisotopic (exact) mass is 422 g/mol. The number of hydrogen-bond acceptors (Lipinski definition) is 7. The average molecular weight is 422 g/mol. The number of ether oxygens (including phenoxy) is 2. The molecule has 0 spiro atoms. The third kappa shape index (κ3) is 4.42. The zero-order valence-corrected chi connectivity index (χ0v) is 17.1. The van der Waals surface area contributed by atoms with Crippen molar-refractivity contribution in [3.63, 3.8) is 0 Å². The molecule has 1 aliphatic heterocycles. The lowest BCUT2D eigenvalue weighted by Gasteiger charge is -2.09. The highest BCUT2D eigenvalue weighted by molar-refractivity contribution is 5.97. The van der Waals surface area contributed by atoms with Gasteiger partial charge in [-0.3, -0.25) is 9.59 Å². The summed E-state index contributed by atoms with van der Waals surface area (Å²) in [7, 11) is 0.